The van der Waals surface area contributed by atoms with E-state index in [1.807, 2.05) is 11.9 Å². The van der Waals surface area contributed by atoms with Crippen LogP contribution in [0.3, 0.4) is 0 Å². The number of likely N-dealkylation sites (tertiary alicyclic amines) is 1. The average Bonchev–Trinajstić information content (AvgIpc) is 2.50. The summed E-state index contributed by atoms with van der Waals surface area (Å²) >= 11 is 0. The van der Waals surface area contributed by atoms with Gasteiger partial charge in [-0.15, -0.1) is 0 Å². The van der Waals surface area contributed by atoms with E-state index >= 15 is 0 Å². The number of rotatable bonds is 3. The van der Waals surface area contributed by atoms with Crippen molar-refractivity contribution in [2.75, 3.05) is 27.2 Å². The maximum absolute atomic E-state index is 11.0. The Morgan fingerprint density at radius 3 is 2.50 bits per heavy atom. The lowest BCUT2D eigenvalue weighted by molar-refractivity contribution is -0.149. The van der Waals surface area contributed by atoms with Gasteiger partial charge in [-0.05, 0) is 40.9 Å². The Kier molecular flexibility index (Phi) is 3.17. The van der Waals surface area contributed by atoms with Gasteiger partial charge in [-0.2, -0.15) is 0 Å². The van der Waals surface area contributed by atoms with Crippen LogP contribution in [-0.2, 0) is 4.79 Å². The molecule has 0 amide bonds. The second kappa shape index (κ2) is 3.87. The highest BCUT2D eigenvalue weighted by atomic mass is 16.4. The third kappa shape index (κ3) is 2.07. The van der Waals surface area contributed by atoms with Crippen molar-refractivity contribution >= 4 is 5.97 Å². The number of carboxylic acid groups (broad SMARTS) is 1. The second-order valence-corrected chi connectivity index (χ2v) is 4.68. The normalized spacial score (nSPS) is 24.5. The molecule has 1 rings (SSSR count). The largest absolute Gasteiger partial charge is 0.480 e. The SMILES string of the molecule is CN1CCC(N(C)C(C)(C)C(=O)O)C1. The Bertz CT molecular complexity index is 228. The van der Waals surface area contributed by atoms with Gasteiger partial charge in [-0.25, -0.2) is 0 Å². The van der Waals surface area contributed by atoms with Crippen molar-refractivity contribution in [3.63, 3.8) is 0 Å². The number of likely N-dealkylation sites (N-methyl/N-ethyl adjacent to an activating group) is 2. The Morgan fingerprint density at radius 1 is 1.57 bits per heavy atom. The van der Waals surface area contributed by atoms with Crippen LogP contribution in [0.5, 0.6) is 0 Å². The molecule has 0 bridgehead atoms. The van der Waals surface area contributed by atoms with Gasteiger partial charge in [0.15, 0.2) is 0 Å². The average molecular weight is 200 g/mol. The quantitative estimate of drug-likeness (QED) is 0.720. The molecule has 1 heterocycles. The first-order valence-corrected chi connectivity index (χ1v) is 5.00. The fraction of sp³-hybridized carbons (Fsp3) is 0.900. The lowest BCUT2D eigenvalue weighted by Crippen LogP contribution is -2.53. The van der Waals surface area contributed by atoms with Gasteiger partial charge in [0.2, 0.25) is 0 Å². The molecule has 1 aliphatic heterocycles. The molecule has 1 atom stereocenters. The third-order valence-corrected chi connectivity index (χ3v) is 3.32. The monoisotopic (exact) mass is 200 g/mol. The summed E-state index contributed by atoms with van der Waals surface area (Å²) in [7, 11) is 3.97. The summed E-state index contributed by atoms with van der Waals surface area (Å²) in [5.41, 5.74) is -0.768. The van der Waals surface area contributed by atoms with Crippen molar-refractivity contribution in [3.8, 4) is 0 Å². The van der Waals surface area contributed by atoms with Crippen LogP contribution in [0.25, 0.3) is 0 Å². The first kappa shape index (κ1) is 11.5. The lowest BCUT2D eigenvalue weighted by atomic mass is 10.0. The smallest absolute Gasteiger partial charge is 0.323 e. The molecule has 0 aliphatic carbocycles. The van der Waals surface area contributed by atoms with E-state index in [0.717, 1.165) is 19.5 Å². The topological polar surface area (TPSA) is 43.8 Å². The Hall–Kier alpha value is -0.610. The summed E-state index contributed by atoms with van der Waals surface area (Å²) in [6.07, 6.45) is 1.06. The number of aliphatic carboxylic acids is 1. The van der Waals surface area contributed by atoms with Crippen LogP contribution in [0.1, 0.15) is 20.3 Å². The molecule has 0 aromatic rings. The standard InChI is InChI=1S/C10H20N2O2/c1-10(2,9(13)14)12(4)8-5-6-11(3)7-8/h8H,5-7H2,1-4H3,(H,13,14). The van der Waals surface area contributed by atoms with Crippen LogP contribution >= 0.6 is 0 Å². The van der Waals surface area contributed by atoms with Crippen LogP contribution in [0, 0.1) is 0 Å². The highest BCUT2D eigenvalue weighted by Gasteiger charge is 2.37. The number of hydrogen-bond donors (Lipinski definition) is 1. The molecule has 4 heteroatoms. The van der Waals surface area contributed by atoms with Gasteiger partial charge in [0.1, 0.15) is 5.54 Å². The highest BCUT2D eigenvalue weighted by Crippen LogP contribution is 2.21. The Morgan fingerprint density at radius 2 is 2.14 bits per heavy atom. The van der Waals surface area contributed by atoms with Crippen molar-refractivity contribution in [3.05, 3.63) is 0 Å². The number of carboxylic acids is 1. The Balaban J connectivity index is 2.65. The lowest BCUT2D eigenvalue weighted by Gasteiger charge is -2.36. The Labute approximate surface area is 85.5 Å². The van der Waals surface area contributed by atoms with Crippen molar-refractivity contribution in [2.45, 2.75) is 31.8 Å². The summed E-state index contributed by atoms with van der Waals surface area (Å²) in [4.78, 5) is 15.3. The molecule has 1 saturated heterocycles. The summed E-state index contributed by atoms with van der Waals surface area (Å²) in [5.74, 6) is -0.755. The molecule has 1 unspecified atom stereocenters. The van der Waals surface area contributed by atoms with E-state index in [4.69, 9.17) is 5.11 Å². The molecule has 14 heavy (non-hydrogen) atoms. The number of carbonyl (C=O) groups is 1. The molecule has 4 nitrogen and oxygen atoms in total. The van der Waals surface area contributed by atoms with Gasteiger partial charge in [0, 0.05) is 12.6 Å². The summed E-state index contributed by atoms with van der Waals surface area (Å²) in [6.45, 7) is 5.54. The first-order chi connectivity index (χ1) is 6.35. The van der Waals surface area contributed by atoms with E-state index < -0.39 is 11.5 Å². The fourth-order valence-corrected chi connectivity index (χ4v) is 1.84. The van der Waals surface area contributed by atoms with E-state index in [0.29, 0.717) is 6.04 Å². The molecule has 0 radical (unpaired) electrons. The van der Waals surface area contributed by atoms with Crippen LogP contribution in [0.4, 0.5) is 0 Å². The van der Waals surface area contributed by atoms with Crippen molar-refractivity contribution in [1.29, 1.82) is 0 Å². The van der Waals surface area contributed by atoms with Crippen LogP contribution in [0.2, 0.25) is 0 Å². The van der Waals surface area contributed by atoms with E-state index in [1.54, 1.807) is 13.8 Å². The van der Waals surface area contributed by atoms with E-state index in [9.17, 15) is 4.79 Å². The summed E-state index contributed by atoms with van der Waals surface area (Å²) < 4.78 is 0. The zero-order chi connectivity index (χ0) is 10.9. The minimum atomic E-state index is -0.768. The molecule has 1 aliphatic rings. The van der Waals surface area contributed by atoms with Gasteiger partial charge in [-0.1, -0.05) is 0 Å². The summed E-state index contributed by atoms with van der Waals surface area (Å²) in [6, 6.07) is 0.367. The van der Waals surface area contributed by atoms with Crippen LogP contribution in [-0.4, -0.2) is 59.6 Å². The maximum Gasteiger partial charge on any atom is 0.323 e. The molecule has 0 spiro atoms. The maximum atomic E-state index is 11.0. The zero-order valence-electron chi connectivity index (χ0n) is 9.45. The van der Waals surface area contributed by atoms with Gasteiger partial charge in [-0.3, -0.25) is 9.69 Å². The molecule has 1 fully saturated rings. The molecule has 0 saturated carbocycles. The molecule has 0 aromatic carbocycles. The molecule has 1 N–H and O–H groups in total. The third-order valence-electron chi connectivity index (χ3n) is 3.32. The van der Waals surface area contributed by atoms with E-state index in [2.05, 4.69) is 11.9 Å². The minimum absolute atomic E-state index is 0.367. The molecular formula is C10H20N2O2. The summed E-state index contributed by atoms with van der Waals surface area (Å²) in [5, 5.41) is 9.08. The van der Waals surface area contributed by atoms with Gasteiger partial charge in [0.05, 0.1) is 0 Å². The van der Waals surface area contributed by atoms with Gasteiger partial charge in [0.25, 0.3) is 0 Å². The predicted octanol–water partition coefficient (Wildman–Crippen LogP) is 0.485. The van der Waals surface area contributed by atoms with Crippen molar-refractivity contribution in [2.24, 2.45) is 0 Å². The fourth-order valence-electron chi connectivity index (χ4n) is 1.84. The second-order valence-electron chi connectivity index (χ2n) is 4.68. The first-order valence-electron chi connectivity index (χ1n) is 5.00. The predicted molar refractivity (Wildman–Crippen MR) is 55.4 cm³/mol. The molecular weight excluding hydrogens is 180 g/mol. The van der Waals surface area contributed by atoms with Crippen LogP contribution in [0.15, 0.2) is 0 Å². The minimum Gasteiger partial charge on any atom is -0.480 e. The number of hydrogen-bond acceptors (Lipinski definition) is 3. The zero-order valence-corrected chi connectivity index (χ0v) is 9.45. The number of nitrogens with zero attached hydrogens (tertiary/aromatic N) is 2. The van der Waals surface area contributed by atoms with Gasteiger partial charge >= 0.3 is 5.97 Å². The van der Waals surface area contributed by atoms with E-state index in [1.165, 1.54) is 0 Å². The molecule has 82 valence electrons. The van der Waals surface area contributed by atoms with E-state index in [-0.39, 0.29) is 0 Å². The van der Waals surface area contributed by atoms with Crippen molar-refractivity contribution in [1.82, 2.24) is 9.80 Å². The van der Waals surface area contributed by atoms with Crippen LogP contribution < -0.4 is 0 Å². The highest BCUT2D eigenvalue weighted by molar-refractivity contribution is 5.77. The molecule has 0 aromatic heterocycles. The van der Waals surface area contributed by atoms with Crippen molar-refractivity contribution < 1.29 is 9.90 Å². The van der Waals surface area contributed by atoms with Gasteiger partial charge < -0.3 is 10.0 Å².